The first-order chi connectivity index (χ1) is 12.5. The first kappa shape index (κ1) is 17.7. The molecule has 2 aromatic rings. The van der Waals surface area contributed by atoms with Gasteiger partial charge in [-0.25, -0.2) is 0 Å². The third kappa shape index (κ3) is 4.27. The van der Waals surface area contributed by atoms with Crippen LogP contribution in [0.25, 0.3) is 0 Å². The minimum absolute atomic E-state index is 0.0832. The second kappa shape index (κ2) is 7.82. The Balaban J connectivity index is 1.63. The number of ether oxygens (including phenoxy) is 1. The molecule has 1 amide bonds. The van der Waals surface area contributed by atoms with Gasteiger partial charge in [-0.2, -0.15) is 5.10 Å². The summed E-state index contributed by atoms with van der Waals surface area (Å²) in [5.74, 6) is 5.27. The molecule has 6 nitrogen and oxygen atoms in total. The Kier molecular flexibility index (Phi) is 5.31. The third-order valence-corrected chi connectivity index (χ3v) is 4.40. The number of aryl methyl sites for hydroxylation is 1. The van der Waals surface area contributed by atoms with Crippen molar-refractivity contribution in [2.24, 2.45) is 10.9 Å². The number of esters is 1. The van der Waals surface area contributed by atoms with Gasteiger partial charge in [-0.05, 0) is 60.2 Å². The maximum absolute atomic E-state index is 12.4. The molecule has 0 bridgehead atoms. The number of carbonyl (C=O) groups is 2. The fourth-order valence-corrected chi connectivity index (χ4v) is 3.16. The van der Waals surface area contributed by atoms with Crippen molar-refractivity contribution in [3.63, 3.8) is 0 Å². The van der Waals surface area contributed by atoms with Gasteiger partial charge in [0.25, 0.3) is 5.91 Å². The van der Waals surface area contributed by atoms with Crippen LogP contribution in [0.3, 0.4) is 0 Å². The van der Waals surface area contributed by atoms with Gasteiger partial charge in [-0.3, -0.25) is 9.59 Å². The normalized spacial score (nSPS) is 16.1. The largest absolute Gasteiger partial charge is 0.427 e. The molecule has 6 heteroatoms. The van der Waals surface area contributed by atoms with E-state index in [0.717, 1.165) is 24.8 Å². The summed E-state index contributed by atoms with van der Waals surface area (Å²) in [4.78, 5) is 23.5. The second-order valence-corrected chi connectivity index (χ2v) is 6.34. The number of carbonyl (C=O) groups excluding carboxylic acids is 2. The van der Waals surface area contributed by atoms with Crippen molar-refractivity contribution < 1.29 is 14.3 Å². The molecule has 26 heavy (non-hydrogen) atoms. The number of hydrazone groups is 1. The number of amides is 1. The van der Waals surface area contributed by atoms with Gasteiger partial charge < -0.3 is 15.9 Å². The fraction of sp³-hybridized carbons (Fsp3) is 0.250. The molecule has 3 N–H and O–H groups in total. The van der Waals surface area contributed by atoms with Crippen LogP contribution in [-0.4, -0.2) is 24.1 Å². The molecule has 1 atom stereocenters. The van der Waals surface area contributed by atoms with Crippen molar-refractivity contribution in [1.82, 2.24) is 5.32 Å². The Bertz CT molecular complexity index is 844. The molecule has 0 fully saturated rings. The van der Waals surface area contributed by atoms with Crippen LogP contribution in [0.4, 0.5) is 0 Å². The minimum Gasteiger partial charge on any atom is -0.427 e. The zero-order valence-corrected chi connectivity index (χ0v) is 14.6. The molecule has 2 aromatic carbocycles. The Morgan fingerprint density at radius 3 is 2.65 bits per heavy atom. The number of nitrogens with one attached hydrogen (secondary N) is 1. The molecule has 0 aromatic heterocycles. The highest BCUT2D eigenvalue weighted by Gasteiger charge is 2.21. The molecule has 0 heterocycles. The number of hydrogen-bond donors (Lipinski definition) is 2. The molecule has 0 saturated carbocycles. The van der Waals surface area contributed by atoms with E-state index in [1.807, 2.05) is 12.1 Å². The summed E-state index contributed by atoms with van der Waals surface area (Å²) >= 11 is 0. The monoisotopic (exact) mass is 351 g/mol. The van der Waals surface area contributed by atoms with E-state index in [0.29, 0.717) is 11.3 Å². The molecule has 0 aliphatic heterocycles. The maximum atomic E-state index is 12.4. The molecule has 1 unspecified atom stereocenters. The highest BCUT2D eigenvalue weighted by molar-refractivity contribution is 5.95. The quantitative estimate of drug-likeness (QED) is 0.290. The van der Waals surface area contributed by atoms with E-state index < -0.39 is 0 Å². The SMILES string of the molecule is CC(=O)Oc1ccc2c(c1)CCC(NC(=O)c1ccc(/C=N/N)cc1)C2. The Labute approximate surface area is 152 Å². The van der Waals surface area contributed by atoms with Crippen LogP contribution in [-0.2, 0) is 17.6 Å². The Morgan fingerprint density at radius 1 is 1.19 bits per heavy atom. The van der Waals surface area contributed by atoms with Gasteiger partial charge >= 0.3 is 5.97 Å². The lowest BCUT2D eigenvalue weighted by Crippen LogP contribution is -2.38. The number of fused-ring (bicyclic) bond motifs is 1. The van der Waals surface area contributed by atoms with Gasteiger partial charge in [0.05, 0.1) is 6.21 Å². The summed E-state index contributed by atoms with van der Waals surface area (Å²) in [6.07, 6.45) is 3.98. The minimum atomic E-state index is -0.324. The van der Waals surface area contributed by atoms with E-state index in [1.54, 1.807) is 30.3 Å². The lowest BCUT2D eigenvalue weighted by atomic mass is 9.88. The topological polar surface area (TPSA) is 93.8 Å². The van der Waals surface area contributed by atoms with Crippen LogP contribution < -0.4 is 15.9 Å². The molecule has 1 aliphatic carbocycles. The van der Waals surface area contributed by atoms with Crippen LogP contribution in [0.1, 0.15) is 40.4 Å². The molecule has 134 valence electrons. The number of nitrogens with two attached hydrogens (primary N) is 1. The molecular formula is C20H21N3O3. The van der Waals surface area contributed by atoms with Gasteiger partial charge in [0.15, 0.2) is 0 Å². The second-order valence-electron chi connectivity index (χ2n) is 6.34. The maximum Gasteiger partial charge on any atom is 0.308 e. The summed E-state index contributed by atoms with van der Waals surface area (Å²) in [6, 6.07) is 12.9. The smallest absolute Gasteiger partial charge is 0.308 e. The number of hydrogen-bond acceptors (Lipinski definition) is 5. The van der Waals surface area contributed by atoms with Crippen molar-refractivity contribution in [3.8, 4) is 5.75 Å². The number of nitrogens with zero attached hydrogens (tertiary/aromatic N) is 1. The van der Waals surface area contributed by atoms with E-state index in [1.165, 1.54) is 24.3 Å². The van der Waals surface area contributed by atoms with Crippen LogP contribution >= 0.6 is 0 Å². The van der Waals surface area contributed by atoms with E-state index in [2.05, 4.69) is 10.4 Å². The van der Waals surface area contributed by atoms with Crippen LogP contribution in [0, 0.1) is 0 Å². The van der Waals surface area contributed by atoms with Crippen molar-refractivity contribution >= 4 is 18.1 Å². The van der Waals surface area contributed by atoms with E-state index in [4.69, 9.17) is 10.6 Å². The van der Waals surface area contributed by atoms with Gasteiger partial charge in [0.1, 0.15) is 5.75 Å². The predicted molar refractivity (Wildman–Crippen MR) is 99.3 cm³/mol. The van der Waals surface area contributed by atoms with E-state index >= 15 is 0 Å². The Morgan fingerprint density at radius 2 is 1.96 bits per heavy atom. The van der Waals surface area contributed by atoms with Crippen LogP contribution in [0.5, 0.6) is 5.75 Å². The summed E-state index contributed by atoms with van der Waals surface area (Å²) in [5, 5.41) is 6.56. The molecule has 3 rings (SSSR count). The third-order valence-electron chi connectivity index (χ3n) is 4.40. The van der Waals surface area contributed by atoms with Crippen molar-refractivity contribution in [2.75, 3.05) is 0 Å². The zero-order chi connectivity index (χ0) is 18.5. The van der Waals surface area contributed by atoms with E-state index in [9.17, 15) is 9.59 Å². The zero-order valence-electron chi connectivity index (χ0n) is 14.6. The standard InChI is InChI=1S/C20H21N3O3/c1-13(24)26-19-9-7-16-10-18(8-6-17(16)11-19)23-20(25)15-4-2-14(3-5-15)12-22-21/h2-5,7,9,11-12,18H,6,8,10,21H2,1H3,(H,23,25)/b22-12+. The van der Waals surface area contributed by atoms with Crippen molar-refractivity contribution in [1.29, 1.82) is 0 Å². The lowest BCUT2D eigenvalue weighted by molar-refractivity contribution is -0.131. The summed E-state index contributed by atoms with van der Waals surface area (Å²) in [5.41, 5.74) is 3.79. The average Bonchev–Trinajstić information content (AvgIpc) is 2.62. The van der Waals surface area contributed by atoms with E-state index in [-0.39, 0.29) is 17.9 Å². The predicted octanol–water partition coefficient (Wildman–Crippen LogP) is 2.19. The molecule has 0 saturated heterocycles. The fourth-order valence-electron chi connectivity index (χ4n) is 3.16. The van der Waals surface area contributed by atoms with Crippen molar-refractivity contribution in [3.05, 3.63) is 64.7 Å². The Hall–Kier alpha value is -3.15. The van der Waals surface area contributed by atoms with Crippen molar-refractivity contribution in [2.45, 2.75) is 32.2 Å². The molecule has 0 radical (unpaired) electrons. The van der Waals surface area contributed by atoms with Gasteiger partial charge in [0, 0.05) is 18.5 Å². The van der Waals surface area contributed by atoms with Gasteiger partial charge in [0.2, 0.25) is 0 Å². The first-order valence-electron chi connectivity index (χ1n) is 8.49. The first-order valence-corrected chi connectivity index (χ1v) is 8.49. The van der Waals surface area contributed by atoms with Gasteiger partial charge in [-0.1, -0.05) is 18.2 Å². The average molecular weight is 351 g/mol. The highest BCUT2D eigenvalue weighted by atomic mass is 16.5. The van der Waals surface area contributed by atoms with Crippen LogP contribution in [0.15, 0.2) is 47.6 Å². The number of rotatable bonds is 4. The molecule has 0 spiro atoms. The van der Waals surface area contributed by atoms with Crippen LogP contribution in [0.2, 0.25) is 0 Å². The van der Waals surface area contributed by atoms with Gasteiger partial charge in [-0.15, -0.1) is 0 Å². The highest BCUT2D eigenvalue weighted by Crippen LogP contribution is 2.26. The summed E-state index contributed by atoms with van der Waals surface area (Å²) in [7, 11) is 0. The molecule has 1 aliphatic rings. The summed E-state index contributed by atoms with van der Waals surface area (Å²) in [6.45, 7) is 1.39. The summed E-state index contributed by atoms with van der Waals surface area (Å²) < 4.78 is 5.13. The lowest BCUT2D eigenvalue weighted by Gasteiger charge is -2.26. The number of benzene rings is 2. The molecular weight excluding hydrogens is 330 g/mol.